The molecule has 2 aliphatic rings. The Balaban J connectivity index is 1.34. The van der Waals surface area contributed by atoms with Gasteiger partial charge in [-0.1, -0.05) is 18.2 Å². The second-order valence-corrected chi connectivity index (χ2v) is 8.94. The van der Waals surface area contributed by atoms with Crippen molar-refractivity contribution in [1.29, 1.82) is 0 Å². The van der Waals surface area contributed by atoms with Crippen LogP contribution in [0.5, 0.6) is 0 Å². The third-order valence-corrected chi connectivity index (χ3v) is 7.09. The Bertz CT molecular complexity index is 1250. The fraction of sp³-hybridized carbons (Fsp3) is 0.304. The minimum atomic E-state index is -0.550. The molecule has 158 valence electrons. The summed E-state index contributed by atoms with van der Waals surface area (Å²) >= 11 is 1.37. The second kappa shape index (κ2) is 7.77. The van der Waals surface area contributed by atoms with E-state index < -0.39 is 24.4 Å². The van der Waals surface area contributed by atoms with E-state index in [2.05, 4.69) is 10.3 Å². The van der Waals surface area contributed by atoms with Gasteiger partial charge in [-0.25, -0.2) is 4.79 Å². The summed E-state index contributed by atoms with van der Waals surface area (Å²) < 4.78 is 5.38. The molecule has 1 aromatic carbocycles. The maximum atomic E-state index is 13.0. The van der Waals surface area contributed by atoms with Gasteiger partial charge in [-0.05, 0) is 55.7 Å². The van der Waals surface area contributed by atoms with Gasteiger partial charge in [-0.15, -0.1) is 11.3 Å². The molecule has 2 amide bonds. The summed E-state index contributed by atoms with van der Waals surface area (Å²) in [5, 5.41) is 3.88. The molecule has 0 saturated heterocycles. The number of hydrogen-bond acceptors (Lipinski definition) is 6. The monoisotopic (exact) mass is 435 g/mol. The first kappa shape index (κ1) is 19.7. The largest absolute Gasteiger partial charge is 0.452 e. The Morgan fingerprint density at radius 2 is 1.81 bits per heavy atom. The molecule has 3 aromatic rings. The summed E-state index contributed by atoms with van der Waals surface area (Å²) in [7, 11) is 0. The Morgan fingerprint density at radius 3 is 2.65 bits per heavy atom. The normalized spacial score (nSPS) is 14.3. The topological polar surface area (TPSA) is 111 Å². The van der Waals surface area contributed by atoms with E-state index in [1.807, 2.05) is 24.3 Å². The lowest BCUT2D eigenvalue weighted by molar-refractivity contribution is -0.119. The van der Waals surface area contributed by atoms with Crippen LogP contribution in [0.1, 0.15) is 55.3 Å². The smallest absolute Gasteiger partial charge is 0.339 e. The van der Waals surface area contributed by atoms with Crippen LogP contribution < -0.4 is 11.1 Å². The van der Waals surface area contributed by atoms with Crippen molar-refractivity contribution in [3.8, 4) is 0 Å². The SMILES string of the molecule is NC(=O)c1c(NC(=O)COC(=O)c2c3c(nc4ccccc24)CCC3)sc2c1CCC2. The van der Waals surface area contributed by atoms with Gasteiger partial charge >= 0.3 is 5.97 Å². The molecule has 2 aromatic heterocycles. The standard InChI is InChI=1S/C23H21N3O4S/c24-21(28)20-14-7-4-10-17(14)31-22(20)26-18(27)11-30-23(29)19-12-5-1-2-8-15(12)25-16-9-3-6-13(16)19/h1-2,5,8H,3-4,6-7,9-11H2,(H2,24,28)(H,26,27). The van der Waals surface area contributed by atoms with E-state index >= 15 is 0 Å². The average Bonchev–Trinajstić information content (AvgIpc) is 3.45. The van der Waals surface area contributed by atoms with E-state index in [1.165, 1.54) is 11.3 Å². The highest BCUT2D eigenvalue weighted by Crippen LogP contribution is 2.38. The Morgan fingerprint density at radius 1 is 1.03 bits per heavy atom. The summed E-state index contributed by atoms with van der Waals surface area (Å²) in [6.45, 7) is -0.439. The van der Waals surface area contributed by atoms with E-state index in [0.29, 0.717) is 16.1 Å². The van der Waals surface area contributed by atoms with Crippen molar-refractivity contribution in [3.05, 3.63) is 57.1 Å². The van der Waals surface area contributed by atoms with Gasteiger partial charge in [0.15, 0.2) is 6.61 Å². The van der Waals surface area contributed by atoms with Gasteiger partial charge in [0.25, 0.3) is 11.8 Å². The number of nitrogens with two attached hydrogens (primary N) is 1. The molecule has 0 saturated carbocycles. The number of thiophene rings is 1. The summed E-state index contributed by atoms with van der Waals surface area (Å²) in [5.74, 6) is -1.58. The van der Waals surface area contributed by atoms with Crippen molar-refractivity contribution in [2.45, 2.75) is 38.5 Å². The number of esters is 1. The Hall–Kier alpha value is -3.26. The molecule has 8 heteroatoms. The highest BCUT2D eigenvalue weighted by atomic mass is 32.1. The highest BCUT2D eigenvalue weighted by Gasteiger charge is 2.27. The van der Waals surface area contributed by atoms with Gasteiger partial charge in [-0.2, -0.15) is 0 Å². The summed E-state index contributed by atoms with van der Waals surface area (Å²) in [6, 6.07) is 7.47. The van der Waals surface area contributed by atoms with Gasteiger partial charge in [0.1, 0.15) is 5.00 Å². The lowest BCUT2D eigenvalue weighted by Gasteiger charge is -2.12. The van der Waals surface area contributed by atoms with Crippen LogP contribution in [0.2, 0.25) is 0 Å². The molecule has 0 fully saturated rings. The number of nitrogens with one attached hydrogen (secondary N) is 1. The van der Waals surface area contributed by atoms with Crippen LogP contribution >= 0.6 is 11.3 Å². The quantitative estimate of drug-likeness (QED) is 0.598. The van der Waals surface area contributed by atoms with E-state index in [0.717, 1.165) is 71.1 Å². The number of para-hydroxylation sites is 1. The Labute approximate surface area is 182 Å². The minimum Gasteiger partial charge on any atom is -0.452 e. The number of nitrogens with zero attached hydrogens (tertiary/aromatic N) is 1. The molecule has 0 atom stereocenters. The van der Waals surface area contributed by atoms with Crippen molar-refractivity contribution in [2.24, 2.45) is 5.73 Å². The van der Waals surface area contributed by atoms with Gasteiger partial charge in [0, 0.05) is 16.0 Å². The fourth-order valence-electron chi connectivity index (χ4n) is 4.56. The zero-order chi connectivity index (χ0) is 21.5. The molecule has 7 nitrogen and oxygen atoms in total. The van der Waals surface area contributed by atoms with E-state index in [-0.39, 0.29) is 0 Å². The van der Waals surface area contributed by atoms with E-state index in [4.69, 9.17) is 10.5 Å². The molecule has 2 aliphatic carbocycles. The van der Waals surface area contributed by atoms with Crippen LogP contribution in [0.25, 0.3) is 10.9 Å². The number of fused-ring (bicyclic) bond motifs is 3. The number of aryl methyl sites for hydroxylation is 2. The molecule has 0 aliphatic heterocycles. The van der Waals surface area contributed by atoms with Crippen LogP contribution in [-0.4, -0.2) is 29.4 Å². The zero-order valence-electron chi connectivity index (χ0n) is 16.8. The number of hydrogen-bond donors (Lipinski definition) is 2. The average molecular weight is 436 g/mol. The van der Waals surface area contributed by atoms with Gasteiger partial charge in [-0.3, -0.25) is 14.6 Å². The van der Waals surface area contributed by atoms with Crippen molar-refractivity contribution in [1.82, 2.24) is 4.98 Å². The first-order chi connectivity index (χ1) is 15.0. The molecule has 0 spiro atoms. The van der Waals surface area contributed by atoms with E-state index in [1.54, 1.807) is 0 Å². The molecule has 3 N–H and O–H groups in total. The number of amides is 2. The number of carbonyl (C=O) groups excluding carboxylic acids is 3. The number of primary amides is 1. The Kier molecular flexibility index (Phi) is 4.94. The molecule has 0 radical (unpaired) electrons. The fourth-order valence-corrected chi connectivity index (χ4v) is 5.87. The van der Waals surface area contributed by atoms with Gasteiger partial charge in [0.05, 0.1) is 16.6 Å². The summed E-state index contributed by atoms with van der Waals surface area (Å²) in [5.41, 5.74) is 9.94. The third-order valence-electron chi connectivity index (χ3n) is 5.88. The van der Waals surface area contributed by atoms with Crippen LogP contribution in [0.4, 0.5) is 5.00 Å². The first-order valence-corrected chi connectivity index (χ1v) is 11.2. The summed E-state index contributed by atoms with van der Waals surface area (Å²) in [4.78, 5) is 43.1. The molecule has 2 heterocycles. The molecule has 0 bridgehead atoms. The number of rotatable bonds is 5. The number of pyridine rings is 1. The minimum absolute atomic E-state index is 0.384. The molecule has 5 rings (SSSR count). The molecular weight excluding hydrogens is 414 g/mol. The number of anilines is 1. The van der Waals surface area contributed by atoms with Crippen molar-refractivity contribution < 1.29 is 19.1 Å². The third kappa shape index (κ3) is 3.46. The van der Waals surface area contributed by atoms with E-state index in [9.17, 15) is 14.4 Å². The van der Waals surface area contributed by atoms with Crippen molar-refractivity contribution in [2.75, 3.05) is 11.9 Å². The lowest BCUT2D eigenvalue weighted by atomic mass is 10.0. The van der Waals surface area contributed by atoms with Crippen molar-refractivity contribution >= 4 is 45.0 Å². The zero-order valence-corrected chi connectivity index (χ0v) is 17.6. The van der Waals surface area contributed by atoms with Crippen LogP contribution in [0.15, 0.2) is 24.3 Å². The lowest BCUT2D eigenvalue weighted by Crippen LogP contribution is -2.23. The molecule has 0 unspecified atom stereocenters. The van der Waals surface area contributed by atoms with Gasteiger partial charge in [0.2, 0.25) is 0 Å². The van der Waals surface area contributed by atoms with Gasteiger partial charge < -0.3 is 15.8 Å². The molecular formula is C23H21N3O4S. The van der Waals surface area contributed by atoms with Crippen LogP contribution in [0, 0.1) is 0 Å². The number of aromatic nitrogens is 1. The predicted octanol–water partition coefficient (Wildman–Crippen LogP) is 3.17. The highest BCUT2D eigenvalue weighted by molar-refractivity contribution is 7.17. The second-order valence-electron chi connectivity index (χ2n) is 7.83. The van der Waals surface area contributed by atoms with Crippen LogP contribution in [0.3, 0.4) is 0 Å². The molecule has 31 heavy (non-hydrogen) atoms. The maximum absolute atomic E-state index is 13.0. The summed E-state index contributed by atoms with van der Waals surface area (Å²) in [6.07, 6.45) is 5.20. The maximum Gasteiger partial charge on any atom is 0.339 e. The number of carbonyl (C=O) groups is 3. The van der Waals surface area contributed by atoms with Crippen molar-refractivity contribution in [3.63, 3.8) is 0 Å². The van der Waals surface area contributed by atoms with Crippen LogP contribution in [-0.2, 0) is 35.2 Å². The number of ether oxygens (including phenoxy) is 1. The first-order valence-electron chi connectivity index (χ1n) is 10.3. The predicted molar refractivity (Wildman–Crippen MR) is 118 cm³/mol. The number of benzene rings is 1.